The molecular weight excluding hydrogens is 362 g/mol. The maximum atomic E-state index is 12.4. The highest BCUT2D eigenvalue weighted by molar-refractivity contribution is 6.31. The van der Waals surface area contributed by atoms with Crippen LogP contribution in [0, 0.1) is 6.92 Å². The smallest absolute Gasteiger partial charge is 0.240 e. The van der Waals surface area contributed by atoms with Crippen molar-refractivity contribution >= 4 is 40.0 Å². The van der Waals surface area contributed by atoms with Gasteiger partial charge in [0.15, 0.2) is 0 Å². The quantitative estimate of drug-likeness (QED) is 0.679. The van der Waals surface area contributed by atoms with Gasteiger partial charge in [-0.2, -0.15) is 0 Å². The molecule has 2 N–H and O–H groups in total. The molecule has 0 atom stereocenters. The molecule has 0 radical (unpaired) electrons. The number of para-hydroxylation sites is 1. The third kappa shape index (κ3) is 4.31. The van der Waals surface area contributed by atoms with E-state index in [1.54, 1.807) is 18.2 Å². The van der Waals surface area contributed by atoms with Gasteiger partial charge in [-0.15, -0.1) is 0 Å². The Morgan fingerprint density at radius 2 is 1.93 bits per heavy atom. The zero-order valence-electron chi connectivity index (χ0n) is 15.4. The van der Waals surface area contributed by atoms with E-state index in [4.69, 9.17) is 11.6 Å². The second-order valence-electron chi connectivity index (χ2n) is 6.45. The highest BCUT2D eigenvalue weighted by atomic mass is 35.5. The van der Waals surface area contributed by atoms with Crippen molar-refractivity contribution in [3.8, 4) is 0 Å². The minimum atomic E-state index is -0.204. The molecule has 1 aromatic heterocycles. The number of nitrogens with zero attached hydrogens (tertiary/aromatic N) is 1. The van der Waals surface area contributed by atoms with Crippen LogP contribution in [0.1, 0.15) is 18.1 Å². The van der Waals surface area contributed by atoms with E-state index in [9.17, 15) is 9.59 Å². The van der Waals surface area contributed by atoms with Crippen LogP contribution in [0.2, 0.25) is 5.02 Å². The zero-order chi connectivity index (χ0) is 19.4. The van der Waals surface area contributed by atoms with E-state index in [1.807, 2.05) is 31.3 Å². The van der Waals surface area contributed by atoms with Crippen LogP contribution in [0.25, 0.3) is 10.9 Å². The van der Waals surface area contributed by atoms with Gasteiger partial charge in [-0.1, -0.05) is 35.9 Å². The highest BCUT2D eigenvalue weighted by Gasteiger charge is 2.18. The molecule has 0 aliphatic heterocycles. The number of H-pyrrole nitrogens is 1. The molecule has 2 aromatic carbocycles. The summed E-state index contributed by atoms with van der Waals surface area (Å²) in [6.45, 7) is 3.74. The lowest BCUT2D eigenvalue weighted by Gasteiger charge is -2.23. The molecule has 3 aromatic rings. The number of aromatic amines is 1. The largest absolute Gasteiger partial charge is 0.361 e. The Morgan fingerprint density at radius 1 is 1.15 bits per heavy atom. The molecule has 6 heteroatoms. The van der Waals surface area contributed by atoms with Crippen LogP contribution in [0.4, 0.5) is 5.69 Å². The summed E-state index contributed by atoms with van der Waals surface area (Å²) in [6, 6.07) is 13.4. The number of amides is 2. The van der Waals surface area contributed by atoms with Gasteiger partial charge in [0.25, 0.3) is 0 Å². The van der Waals surface area contributed by atoms with Gasteiger partial charge in [-0.05, 0) is 42.7 Å². The van der Waals surface area contributed by atoms with Gasteiger partial charge >= 0.3 is 0 Å². The standard InChI is InChI=1S/C21H22ClN3O2/c1-14-18(22)7-5-9-20(14)25(15(2)26)13-21(27)23-11-10-16-12-24-19-8-4-3-6-17(16)19/h3-9,12,24H,10-11,13H2,1-2H3,(H,23,27). The number of aromatic nitrogens is 1. The Balaban J connectivity index is 1.61. The second-order valence-corrected chi connectivity index (χ2v) is 6.86. The molecule has 5 nitrogen and oxygen atoms in total. The first-order valence-corrected chi connectivity index (χ1v) is 9.20. The van der Waals surface area contributed by atoms with Gasteiger partial charge in [0.1, 0.15) is 6.54 Å². The van der Waals surface area contributed by atoms with E-state index in [-0.39, 0.29) is 18.4 Å². The SMILES string of the molecule is CC(=O)N(CC(=O)NCCc1c[nH]c2ccccc12)c1cccc(Cl)c1C. The van der Waals surface area contributed by atoms with Gasteiger partial charge in [0.2, 0.25) is 11.8 Å². The minimum Gasteiger partial charge on any atom is -0.361 e. The lowest BCUT2D eigenvalue weighted by molar-refractivity contribution is -0.123. The molecule has 0 spiro atoms. The van der Waals surface area contributed by atoms with Gasteiger partial charge in [0, 0.05) is 41.3 Å². The van der Waals surface area contributed by atoms with Crippen LogP contribution in [0.15, 0.2) is 48.7 Å². The first-order valence-electron chi connectivity index (χ1n) is 8.82. The maximum Gasteiger partial charge on any atom is 0.240 e. The number of anilines is 1. The number of benzene rings is 2. The van der Waals surface area contributed by atoms with Gasteiger partial charge in [-0.3, -0.25) is 9.59 Å². The van der Waals surface area contributed by atoms with Crippen molar-refractivity contribution in [3.63, 3.8) is 0 Å². The van der Waals surface area contributed by atoms with Crippen molar-refractivity contribution in [3.05, 3.63) is 64.8 Å². The number of carbonyl (C=O) groups is 2. The molecule has 0 fully saturated rings. The zero-order valence-corrected chi connectivity index (χ0v) is 16.1. The Bertz CT molecular complexity index is 980. The van der Waals surface area contributed by atoms with Crippen LogP contribution in [-0.2, 0) is 16.0 Å². The van der Waals surface area contributed by atoms with E-state index in [0.29, 0.717) is 23.7 Å². The van der Waals surface area contributed by atoms with Gasteiger partial charge < -0.3 is 15.2 Å². The monoisotopic (exact) mass is 383 g/mol. The van der Waals surface area contributed by atoms with Crippen molar-refractivity contribution in [2.24, 2.45) is 0 Å². The topological polar surface area (TPSA) is 65.2 Å². The summed E-state index contributed by atoms with van der Waals surface area (Å²) in [4.78, 5) is 29.1. The normalized spacial score (nSPS) is 10.8. The fraction of sp³-hybridized carbons (Fsp3) is 0.238. The number of carbonyl (C=O) groups excluding carboxylic acids is 2. The van der Waals surface area contributed by atoms with Crippen molar-refractivity contribution in [2.75, 3.05) is 18.0 Å². The third-order valence-electron chi connectivity index (χ3n) is 4.60. The lowest BCUT2D eigenvalue weighted by atomic mass is 10.1. The predicted molar refractivity (Wildman–Crippen MR) is 109 cm³/mol. The summed E-state index contributed by atoms with van der Waals surface area (Å²) in [5, 5.41) is 4.62. The molecule has 0 aliphatic rings. The molecule has 0 saturated carbocycles. The van der Waals surface area contributed by atoms with E-state index in [2.05, 4.69) is 16.4 Å². The highest BCUT2D eigenvalue weighted by Crippen LogP contribution is 2.26. The van der Waals surface area contributed by atoms with Crippen LogP contribution in [-0.4, -0.2) is 29.9 Å². The van der Waals surface area contributed by atoms with Crippen molar-refractivity contribution < 1.29 is 9.59 Å². The number of hydrogen-bond acceptors (Lipinski definition) is 2. The van der Waals surface area contributed by atoms with Crippen molar-refractivity contribution in [2.45, 2.75) is 20.3 Å². The molecule has 140 valence electrons. The Labute approximate surface area is 163 Å². The first-order chi connectivity index (χ1) is 13.0. The lowest BCUT2D eigenvalue weighted by Crippen LogP contribution is -2.40. The van der Waals surface area contributed by atoms with Crippen molar-refractivity contribution in [1.82, 2.24) is 10.3 Å². The number of fused-ring (bicyclic) bond motifs is 1. The first kappa shape index (κ1) is 19.0. The summed E-state index contributed by atoms with van der Waals surface area (Å²) in [5.74, 6) is -0.406. The summed E-state index contributed by atoms with van der Waals surface area (Å²) in [6.07, 6.45) is 2.68. The maximum absolute atomic E-state index is 12.4. The summed E-state index contributed by atoms with van der Waals surface area (Å²) < 4.78 is 0. The molecular formula is C21H22ClN3O2. The van der Waals surface area contributed by atoms with Crippen LogP contribution >= 0.6 is 11.6 Å². The van der Waals surface area contributed by atoms with E-state index in [0.717, 1.165) is 22.0 Å². The van der Waals surface area contributed by atoms with Crippen LogP contribution in [0.3, 0.4) is 0 Å². The fourth-order valence-electron chi connectivity index (χ4n) is 3.13. The van der Waals surface area contributed by atoms with E-state index >= 15 is 0 Å². The predicted octanol–water partition coefficient (Wildman–Crippen LogP) is 3.84. The number of halogens is 1. The summed E-state index contributed by atoms with van der Waals surface area (Å²) in [5.41, 5.74) is 3.67. The number of hydrogen-bond donors (Lipinski definition) is 2. The second kappa shape index (κ2) is 8.27. The Morgan fingerprint density at radius 3 is 2.70 bits per heavy atom. The molecule has 0 unspecified atom stereocenters. The Kier molecular flexibility index (Phi) is 5.81. The molecule has 2 amide bonds. The van der Waals surface area contributed by atoms with Crippen LogP contribution in [0.5, 0.6) is 0 Å². The number of rotatable bonds is 6. The Hall–Kier alpha value is -2.79. The van der Waals surface area contributed by atoms with Gasteiger partial charge in [0.05, 0.1) is 0 Å². The molecule has 0 saturated heterocycles. The molecule has 1 heterocycles. The summed E-state index contributed by atoms with van der Waals surface area (Å²) >= 11 is 6.15. The van der Waals surface area contributed by atoms with Crippen LogP contribution < -0.4 is 10.2 Å². The number of nitrogens with one attached hydrogen (secondary N) is 2. The third-order valence-corrected chi connectivity index (χ3v) is 5.01. The summed E-state index contributed by atoms with van der Waals surface area (Å²) in [7, 11) is 0. The average Bonchev–Trinajstić information content (AvgIpc) is 3.05. The fourth-order valence-corrected chi connectivity index (χ4v) is 3.30. The average molecular weight is 384 g/mol. The van der Waals surface area contributed by atoms with Crippen molar-refractivity contribution in [1.29, 1.82) is 0 Å². The van der Waals surface area contributed by atoms with E-state index < -0.39 is 0 Å². The molecule has 0 aliphatic carbocycles. The minimum absolute atomic E-state index is 0.0373. The molecule has 27 heavy (non-hydrogen) atoms. The van der Waals surface area contributed by atoms with Gasteiger partial charge in [-0.25, -0.2) is 0 Å². The molecule has 0 bridgehead atoms. The molecule has 3 rings (SSSR count). The van der Waals surface area contributed by atoms with E-state index in [1.165, 1.54) is 11.8 Å².